The molecule has 1 N–H and O–H groups in total. The summed E-state index contributed by atoms with van der Waals surface area (Å²) in [5, 5.41) is 11.9. The summed E-state index contributed by atoms with van der Waals surface area (Å²) in [5.74, 6) is 0.903. The van der Waals surface area contributed by atoms with Gasteiger partial charge in [0, 0.05) is 12.1 Å². The predicted molar refractivity (Wildman–Crippen MR) is 121 cm³/mol. The van der Waals surface area contributed by atoms with Crippen molar-refractivity contribution >= 4 is 23.6 Å². The van der Waals surface area contributed by atoms with Crippen LogP contribution >= 0.6 is 11.8 Å². The van der Waals surface area contributed by atoms with E-state index in [1.807, 2.05) is 59.2 Å². The highest BCUT2D eigenvalue weighted by molar-refractivity contribution is 7.99. The van der Waals surface area contributed by atoms with E-state index in [0.717, 1.165) is 16.9 Å². The van der Waals surface area contributed by atoms with Crippen LogP contribution in [-0.4, -0.2) is 46.1 Å². The fourth-order valence-corrected chi connectivity index (χ4v) is 3.83. The van der Waals surface area contributed by atoms with Crippen LogP contribution < -0.4 is 10.1 Å². The molecule has 0 aliphatic carbocycles. The molecule has 0 spiro atoms. The minimum atomic E-state index is -0.361. The van der Waals surface area contributed by atoms with Gasteiger partial charge in [0.15, 0.2) is 5.16 Å². The van der Waals surface area contributed by atoms with Crippen molar-refractivity contribution in [1.29, 1.82) is 0 Å². The largest absolute Gasteiger partial charge is 0.496 e. The molecule has 3 aromatic rings. The van der Waals surface area contributed by atoms with Gasteiger partial charge in [-0.3, -0.25) is 9.59 Å². The quantitative estimate of drug-likeness (QED) is 0.352. The first-order chi connectivity index (χ1) is 15.6. The second kappa shape index (κ2) is 11.9. The Balaban J connectivity index is 1.66. The summed E-state index contributed by atoms with van der Waals surface area (Å²) in [7, 11) is 1.60. The molecule has 1 aromatic heterocycles. The second-order valence-electron chi connectivity index (χ2n) is 6.83. The van der Waals surface area contributed by atoms with Crippen LogP contribution in [0.5, 0.6) is 5.75 Å². The fourth-order valence-electron chi connectivity index (χ4n) is 3.05. The number of carbonyl (C=O) groups excluding carboxylic acids is 2. The Morgan fingerprint density at radius 3 is 2.56 bits per heavy atom. The number of rotatable bonds is 11. The van der Waals surface area contributed by atoms with Gasteiger partial charge in [-0.2, -0.15) is 0 Å². The Labute approximate surface area is 191 Å². The van der Waals surface area contributed by atoms with E-state index in [-0.39, 0.29) is 24.1 Å². The van der Waals surface area contributed by atoms with Crippen molar-refractivity contribution in [2.75, 3.05) is 19.5 Å². The van der Waals surface area contributed by atoms with Gasteiger partial charge in [0.2, 0.25) is 5.91 Å². The molecule has 0 radical (unpaired) electrons. The fraction of sp³-hybridized carbons (Fsp3) is 0.304. The lowest BCUT2D eigenvalue weighted by molar-refractivity contribution is -0.142. The summed E-state index contributed by atoms with van der Waals surface area (Å²) >= 11 is 1.27. The van der Waals surface area contributed by atoms with E-state index in [1.165, 1.54) is 11.8 Å². The van der Waals surface area contributed by atoms with Crippen molar-refractivity contribution in [3.63, 3.8) is 0 Å². The average Bonchev–Trinajstić information content (AvgIpc) is 3.18. The van der Waals surface area contributed by atoms with E-state index in [9.17, 15) is 9.59 Å². The number of thioether (sulfide) groups is 1. The highest BCUT2D eigenvalue weighted by atomic mass is 32.2. The Bertz CT molecular complexity index is 1040. The summed E-state index contributed by atoms with van der Waals surface area (Å²) in [6.45, 7) is 2.93. The number of para-hydroxylation sites is 1. The zero-order valence-electron chi connectivity index (χ0n) is 18.1. The highest BCUT2D eigenvalue weighted by Crippen LogP contribution is 2.20. The zero-order valence-corrected chi connectivity index (χ0v) is 18.9. The average molecular weight is 455 g/mol. The molecule has 1 heterocycles. The molecule has 32 heavy (non-hydrogen) atoms. The number of hydrogen-bond donors (Lipinski definition) is 1. The van der Waals surface area contributed by atoms with Crippen molar-refractivity contribution < 1.29 is 19.1 Å². The van der Waals surface area contributed by atoms with Gasteiger partial charge in [-0.1, -0.05) is 60.3 Å². The number of benzene rings is 2. The number of esters is 1. The number of hydrogen-bond acceptors (Lipinski definition) is 7. The normalized spacial score (nSPS) is 10.6. The molecule has 1 amide bonds. The van der Waals surface area contributed by atoms with E-state index >= 15 is 0 Å². The smallest absolute Gasteiger partial charge is 0.313 e. The minimum Gasteiger partial charge on any atom is -0.496 e. The van der Waals surface area contributed by atoms with Crippen LogP contribution in [0, 0.1) is 0 Å². The number of ether oxygens (including phenoxy) is 2. The molecular formula is C23H26N4O4S. The van der Waals surface area contributed by atoms with Gasteiger partial charge in [-0.25, -0.2) is 0 Å². The van der Waals surface area contributed by atoms with E-state index < -0.39 is 0 Å². The number of methoxy groups -OCH3 is 1. The van der Waals surface area contributed by atoms with Gasteiger partial charge in [-0.05, 0) is 18.6 Å². The third kappa shape index (κ3) is 6.58. The van der Waals surface area contributed by atoms with Gasteiger partial charge in [-0.15, -0.1) is 10.2 Å². The van der Waals surface area contributed by atoms with Gasteiger partial charge >= 0.3 is 5.97 Å². The Kier molecular flexibility index (Phi) is 8.68. The first-order valence-corrected chi connectivity index (χ1v) is 11.2. The number of nitrogens with one attached hydrogen (secondary N) is 1. The summed E-state index contributed by atoms with van der Waals surface area (Å²) in [6, 6.07) is 17.4. The Hall–Kier alpha value is -3.33. The van der Waals surface area contributed by atoms with Crippen molar-refractivity contribution in [2.45, 2.75) is 31.6 Å². The lowest BCUT2D eigenvalue weighted by Crippen LogP contribution is -2.25. The number of nitrogens with zero attached hydrogens (tertiary/aromatic N) is 3. The molecule has 0 saturated heterocycles. The van der Waals surface area contributed by atoms with Crippen molar-refractivity contribution in [3.05, 3.63) is 71.5 Å². The van der Waals surface area contributed by atoms with E-state index in [2.05, 4.69) is 15.5 Å². The Morgan fingerprint density at radius 1 is 1.06 bits per heavy atom. The van der Waals surface area contributed by atoms with Crippen molar-refractivity contribution in [3.8, 4) is 5.75 Å². The van der Waals surface area contributed by atoms with Crippen LogP contribution in [0.2, 0.25) is 0 Å². The third-order valence-corrected chi connectivity index (χ3v) is 5.55. The van der Waals surface area contributed by atoms with Gasteiger partial charge in [0.25, 0.3) is 0 Å². The molecular weight excluding hydrogens is 428 g/mol. The highest BCUT2D eigenvalue weighted by Gasteiger charge is 2.18. The zero-order chi connectivity index (χ0) is 22.8. The molecule has 0 atom stereocenters. The third-order valence-electron chi connectivity index (χ3n) is 4.59. The van der Waals surface area contributed by atoms with Crippen LogP contribution in [0.4, 0.5) is 0 Å². The maximum Gasteiger partial charge on any atom is 0.313 e. The molecule has 2 aromatic carbocycles. The summed E-state index contributed by atoms with van der Waals surface area (Å²) in [6.07, 6.45) is 0.0221. The standard InChI is InChI=1S/C23H26N4O4S/c1-3-31-22(29)13-20-25-26-23(27(20)15-17-9-5-4-6-10-17)32-16-21(28)24-14-18-11-7-8-12-19(18)30-2/h4-12H,3,13-16H2,1-2H3,(H,24,28). The molecule has 9 heteroatoms. The summed E-state index contributed by atoms with van der Waals surface area (Å²) in [5.41, 5.74) is 1.94. The van der Waals surface area contributed by atoms with Crippen LogP contribution in [-0.2, 0) is 33.8 Å². The van der Waals surface area contributed by atoms with Gasteiger partial charge < -0.3 is 19.4 Å². The van der Waals surface area contributed by atoms with Gasteiger partial charge in [0.05, 0.1) is 26.0 Å². The molecule has 0 fully saturated rings. The minimum absolute atomic E-state index is 0.0221. The van der Waals surface area contributed by atoms with E-state index in [4.69, 9.17) is 9.47 Å². The lowest BCUT2D eigenvalue weighted by atomic mass is 10.2. The van der Waals surface area contributed by atoms with Crippen LogP contribution in [0.15, 0.2) is 59.8 Å². The first-order valence-electron chi connectivity index (χ1n) is 10.2. The molecule has 0 aliphatic rings. The summed E-state index contributed by atoms with van der Waals surface area (Å²) < 4.78 is 12.2. The van der Waals surface area contributed by atoms with Crippen LogP contribution in [0.25, 0.3) is 0 Å². The number of amides is 1. The van der Waals surface area contributed by atoms with Crippen molar-refractivity contribution in [1.82, 2.24) is 20.1 Å². The van der Waals surface area contributed by atoms with E-state index in [0.29, 0.717) is 30.7 Å². The molecule has 8 nitrogen and oxygen atoms in total. The molecule has 0 unspecified atom stereocenters. The molecule has 168 valence electrons. The monoisotopic (exact) mass is 454 g/mol. The topological polar surface area (TPSA) is 95.3 Å². The number of carbonyl (C=O) groups is 2. The maximum atomic E-state index is 12.4. The number of aromatic nitrogens is 3. The van der Waals surface area contributed by atoms with Crippen molar-refractivity contribution in [2.24, 2.45) is 0 Å². The first kappa shape index (κ1) is 23.3. The summed E-state index contributed by atoms with van der Waals surface area (Å²) in [4.78, 5) is 24.4. The van der Waals surface area contributed by atoms with Crippen LogP contribution in [0.1, 0.15) is 23.9 Å². The molecule has 0 saturated carbocycles. The lowest BCUT2D eigenvalue weighted by Gasteiger charge is -2.11. The molecule has 0 bridgehead atoms. The van der Waals surface area contributed by atoms with Gasteiger partial charge in [0.1, 0.15) is 18.0 Å². The molecule has 0 aliphatic heterocycles. The molecule has 3 rings (SSSR count). The predicted octanol–water partition coefficient (Wildman–Crippen LogP) is 2.85. The SMILES string of the molecule is CCOC(=O)Cc1nnc(SCC(=O)NCc2ccccc2OC)n1Cc1ccccc1. The second-order valence-corrected chi connectivity index (χ2v) is 7.77. The van der Waals surface area contributed by atoms with E-state index in [1.54, 1.807) is 14.0 Å². The Morgan fingerprint density at radius 2 is 1.81 bits per heavy atom. The maximum absolute atomic E-state index is 12.4. The van der Waals surface area contributed by atoms with Crippen LogP contribution in [0.3, 0.4) is 0 Å².